The largest absolute Gasteiger partial charge is 0.467 e. The molecule has 2 aromatic heterocycles. The van der Waals surface area contributed by atoms with E-state index in [0.29, 0.717) is 30.4 Å². The lowest BCUT2D eigenvalue weighted by atomic mass is 10.2. The third kappa shape index (κ3) is 4.94. The number of amides is 1. The van der Waals surface area contributed by atoms with Crippen molar-refractivity contribution >= 4 is 11.7 Å². The summed E-state index contributed by atoms with van der Waals surface area (Å²) in [5.74, 6) is 1.75. The Morgan fingerprint density at radius 1 is 1.15 bits per heavy atom. The molecule has 0 aliphatic carbocycles. The molecule has 27 heavy (non-hydrogen) atoms. The summed E-state index contributed by atoms with van der Waals surface area (Å²) < 4.78 is 5.25. The molecule has 140 valence electrons. The van der Waals surface area contributed by atoms with Crippen LogP contribution in [0.1, 0.15) is 41.5 Å². The molecular weight excluding hydrogens is 340 g/mol. The van der Waals surface area contributed by atoms with Crippen molar-refractivity contribution in [1.29, 1.82) is 0 Å². The fraction of sp³-hybridized carbons (Fsp3) is 0.286. The Balaban J connectivity index is 1.80. The highest BCUT2D eigenvalue weighted by Crippen LogP contribution is 2.19. The van der Waals surface area contributed by atoms with Crippen LogP contribution >= 0.6 is 0 Å². The Bertz CT molecular complexity index is 876. The van der Waals surface area contributed by atoms with Crippen LogP contribution in [0.2, 0.25) is 0 Å². The maximum Gasteiger partial charge on any atom is 0.270 e. The van der Waals surface area contributed by atoms with Crippen LogP contribution in [0, 0.1) is 6.92 Å². The van der Waals surface area contributed by atoms with Crippen LogP contribution in [0.15, 0.2) is 59.2 Å². The second-order valence-electron chi connectivity index (χ2n) is 6.63. The van der Waals surface area contributed by atoms with Crippen LogP contribution in [0.4, 0.5) is 5.82 Å². The molecule has 6 heteroatoms. The van der Waals surface area contributed by atoms with Gasteiger partial charge in [-0.25, -0.2) is 9.97 Å². The van der Waals surface area contributed by atoms with Gasteiger partial charge in [-0.2, -0.15) is 0 Å². The Hall–Kier alpha value is -3.15. The van der Waals surface area contributed by atoms with Gasteiger partial charge in [-0.05, 0) is 38.5 Å². The monoisotopic (exact) mass is 364 g/mol. The number of hydrogen-bond acceptors (Lipinski definition) is 5. The van der Waals surface area contributed by atoms with Gasteiger partial charge in [-0.1, -0.05) is 30.3 Å². The van der Waals surface area contributed by atoms with Gasteiger partial charge in [0.05, 0.1) is 12.8 Å². The lowest BCUT2D eigenvalue weighted by Gasteiger charge is -2.28. The summed E-state index contributed by atoms with van der Waals surface area (Å²) in [5, 5.41) is 2.83. The Morgan fingerprint density at radius 3 is 2.59 bits per heavy atom. The number of carbonyl (C=O) groups excluding carboxylic acids is 1. The van der Waals surface area contributed by atoms with E-state index in [0.717, 1.165) is 5.82 Å². The lowest BCUT2D eigenvalue weighted by molar-refractivity contribution is 0.0942. The molecule has 6 nitrogen and oxygen atoms in total. The molecule has 0 bridgehead atoms. The number of anilines is 1. The maximum absolute atomic E-state index is 12.5. The molecule has 3 aromatic rings. The number of furan rings is 1. The van der Waals surface area contributed by atoms with Crippen LogP contribution in [0.5, 0.6) is 0 Å². The topological polar surface area (TPSA) is 71.3 Å². The molecule has 0 unspecified atom stereocenters. The Morgan fingerprint density at radius 2 is 1.93 bits per heavy atom. The average molecular weight is 364 g/mol. The number of aromatic nitrogens is 2. The Labute approximate surface area is 159 Å². The van der Waals surface area contributed by atoms with Crippen molar-refractivity contribution in [2.45, 2.75) is 39.9 Å². The molecule has 0 fully saturated rings. The summed E-state index contributed by atoms with van der Waals surface area (Å²) in [4.78, 5) is 23.6. The van der Waals surface area contributed by atoms with E-state index in [-0.39, 0.29) is 11.9 Å². The van der Waals surface area contributed by atoms with E-state index < -0.39 is 0 Å². The summed E-state index contributed by atoms with van der Waals surface area (Å²) in [6, 6.07) is 15.8. The fourth-order valence-corrected chi connectivity index (χ4v) is 2.79. The van der Waals surface area contributed by atoms with Gasteiger partial charge in [0, 0.05) is 18.7 Å². The average Bonchev–Trinajstić information content (AvgIpc) is 3.18. The minimum Gasteiger partial charge on any atom is -0.467 e. The highest BCUT2D eigenvalue weighted by atomic mass is 16.3. The van der Waals surface area contributed by atoms with Crippen LogP contribution in [-0.2, 0) is 13.1 Å². The minimum atomic E-state index is -0.249. The predicted molar refractivity (Wildman–Crippen MR) is 104 cm³/mol. The summed E-state index contributed by atoms with van der Waals surface area (Å²) in [5.41, 5.74) is 1.54. The molecule has 0 radical (unpaired) electrons. The highest BCUT2D eigenvalue weighted by Gasteiger charge is 2.17. The first-order valence-corrected chi connectivity index (χ1v) is 9.00. The number of carbonyl (C=O) groups is 1. The molecule has 0 aliphatic rings. The normalized spacial score (nSPS) is 10.8. The lowest BCUT2D eigenvalue weighted by Crippen LogP contribution is -2.32. The van der Waals surface area contributed by atoms with Crippen molar-refractivity contribution in [2.24, 2.45) is 0 Å². The molecule has 1 aromatic carbocycles. The summed E-state index contributed by atoms with van der Waals surface area (Å²) >= 11 is 0. The van der Waals surface area contributed by atoms with Gasteiger partial charge in [-0.3, -0.25) is 4.79 Å². The predicted octanol–water partition coefficient (Wildman–Crippen LogP) is 3.72. The molecule has 0 saturated carbocycles. The molecule has 0 aliphatic heterocycles. The molecule has 2 heterocycles. The van der Waals surface area contributed by atoms with Gasteiger partial charge in [-0.15, -0.1) is 0 Å². The van der Waals surface area contributed by atoms with E-state index in [4.69, 9.17) is 4.42 Å². The van der Waals surface area contributed by atoms with Gasteiger partial charge in [0.15, 0.2) is 0 Å². The van der Waals surface area contributed by atoms with E-state index in [1.807, 2.05) is 24.3 Å². The number of aryl methyl sites for hydroxylation is 1. The standard InChI is InChI=1S/C21H24N4O2/c1-15(2)25(14-17-8-5-4-6-9-17)20-12-19(23-16(3)24-20)21(26)22-13-18-10-7-11-27-18/h4-12,15H,13-14H2,1-3H3,(H,22,26). The first-order valence-electron chi connectivity index (χ1n) is 9.00. The number of benzene rings is 1. The zero-order chi connectivity index (χ0) is 19.2. The molecule has 0 spiro atoms. The number of nitrogens with zero attached hydrogens (tertiary/aromatic N) is 3. The highest BCUT2D eigenvalue weighted by molar-refractivity contribution is 5.92. The van der Waals surface area contributed by atoms with E-state index in [1.165, 1.54) is 5.56 Å². The third-order valence-electron chi connectivity index (χ3n) is 4.17. The molecule has 0 saturated heterocycles. The van der Waals surface area contributed by atoms with Crippen molar-refractivity contribution in [3.05, 3.63) is 77.6 Å². The van der Waals surface area contributed by atoms with Crippen molar-refractivity contribution in [3.63, 3.8) is 0 Å². The van der Waals surface area contributed by atoms with E-state index in [2.05, 4.69) is 46.2 Å². The van der Waals surface area contributed by atoms with Gasteiger partial charge < -0.3 is 14.6 Å². The van der Waals surface area contributed by atoms with Gasteiger partial charge >= 0.3 is 0 Å². The van der Waals surface area contributed by atoms with Gasteiger partial charge in [0.1, 0.15) is 23.1 Å². The molecular formula is C21H24N4O2. The molecule has 1 N–H and O–H groups in total. The van der Waals surface area contributed by atoms with Crippen LogP contribution in [0.3, 0.4) is 0 Å². The van der Waals surface area contributed by atoms with E-state index >= 15 is 0 Å². The van der Waals surface area contributed by atoms with Crippen LogP contribution in [-0.4, -0.2) is 21.9 Å². The number of nitrogens with one attached hydrogen (secondary N) is 1. The second kappa shape index (κ2) is 8.49. The van der Waals surface area contributed by atoms with Crippen molar-refractivity contribution in [3.8, 4) is 0 Å². The van der Waals surface area contributed by atoms with E-state index in [1.54, 1.807) is 25.3 Å². The van der Waals surface area contributed by atoms with Gasteiger partial charge in [0.2, 0.25) is 0 Å². The molecule has 1 amide bonds. The smallest absolute Gasteiger partial charge is 0.270 e. The zero-order valence-corrected chi connectivity index (χ0v) is 15.8. The summed E-state index contributed by atoms with van der Waals surface area (Å²) in [7, 11) is 0. The first kappa shape index (κ1) is 18.6. The van der Waals surface area contributed by atoms with E-state index in [9.17, 15) is 4.79 Å². The van der Waals surface area contributed by atoms with Crippen molar-refractivity contribution in [1.82, 2.24) is 15.3 Å². The zero-order valence-electron chi connectivity index (χ0n) is 15.8. The summed E-state index contributed by atoms with van der Waals surface area (Å²) in [6.07, 6.45) is 1.58. The second-order valence-corrected chi connectivity index (χ2v) is 6.63. The van der Waals surface area contributed by atoms with Crippen molar-refractivity contribution in [2.75, 3.05) is 4.90 Å². The molecule has 0 atom stereocenters. The fourth-order valence-electron chi connectivity index (χ4n) is 2.79. The number of rotatable bonds is 7. The SMILES string of the molecule is Cc1nc(C(=O)NCc2ccco2)cc(N(Cc2ccccc2)C(C)C)n1. The molecule has 3 rings (SSSR count). The Kier molecular flexibility index (Phi) is 5.86. The van der Waals surface area contributed by atoms with Gasteiger partial charge in [0.25, 0.3) is 5.91 Å². The first-order chi connectivity index (χ1) is 13.0. The van der Waals surface area contributed by atoms with Crippen molar-refractivity contribution < 1.29 is 9.21 Å². The maximum atomic E-state index is 12.5. The third-order valence-corrected chi connectivity index (χ3v) is 4.17. The van der Waals surface area contributed by atoms with Crippen LogP contribution in [0.25, 0.3) is 0 Å². The summed E-state index contributed by atoms with van der Waals surface area (Å²) in [6.45, 7) is 7.05. The minimum absolute atomic E-state index is 0.221. The number of hydrogen-bond donors (Lipinski definition) is 1. The quantitative estimate of drug-likeness (QED) is 0.692. The van der Waals surface area contributed by atoms with Crippen LogP contribution < -0.4 is 10.2 Å².